The SMILES string of the molecule is COCC(=O)NC1COC(CN2CCCC2COC)C1O. The van der Waals surface area contributed by atoms with Gasteiger partial charge in [-0.05, 0) is 19.4 Å². The van der Waals surface area contributed by atoms with E-state index >= 15 is 0 Å². The van der Waals surface area contributed by atoms with Crippen LogP contribution in [-0.4, -0.2) is 87.3 Å². The average molecular weight is 302 g/mol. The Bertz CT molecular complexity index is 341. The highest BCUT2D eigenvalue weighted by Gasteiger charge is 2.39. The van der Waals surface area contributed by atoms with Gasteiger partial charge in [0.15, 0.2) is 0 Å². The molecule has 0 aromatic carbocycles. The van der Waals surface area contributed by atoms with Crippen molar-refractivity contribution in [2.45, 2.75) is 37.1 Å². The number of rotatable bonds is 7. The third kappa shape index (κ3) is 4.37. The molecule has 0 aromatic heterocycles. The Balaban J connectivity index is 1.81. The topological polar surface area (TPSA) is 80.3 Å². The van der Waals surface area contributed by atoms with Crippen LogP contribution in [0.4, 0.5) is 0 Å². The van der Waals surface area contributed by atoms with Crippen LogP contribution in [0.5, 0.6) is 0 Å². The van der Waals surface area contributed by atoms with E-state index in [2.05, 4.69) is 10.2 Å². The summed E-state index contributed by atoms with van der Waals surface area (Å²) in [4.78, 5) is 13.8. The smallest absolute Gasteiger partial charge is 0.246 e. The number of hydrogen-bond donors (Lipinski definition) is 2. The van der Waals surface area contributed by atoms with E-state index in [4.69, 9.17) is 14.2 Å². The van der Waals surface area contributed by atoms with E-state index in [9.17, 15) is 9.90 Å². The summed E-state index contributed by atoms with van der Waals surface area (Å²) < 4.78 is 15.7. The van der Waals surface area contributed by atoms with Crippen LogP contribution in [0.1, 0.15) is 12.8 Å². The van der Waals surface area contributed by atoms with Gasteiger partial charge in [-0.25, -0.2) is 0 Å². The first-order valence-electron chi connectivity index (χ1n) is 7.46. The fourth-order valence-electron chi connectivity index (χ4n) is 3.10. The van der Waals surface area contributed by atoms with Crippen LogP contribution < -0.4 is 5.32 Å². The van der Waals surface area contributed by atoms with Gasteiger partial charge >= 0.3 is 0 Å². The van der Waals surface area contributed by atoms with Crippen molar-refractivity contribution < 1.29 is 24.1 Å². The van der Waals surface area contributed by atoms with E-state index in [1.54, 1.807) is 7.11 Å². The van der Waals surface area contributed by atoms with Gasteiger partial charge in [0.1, 0.15) is 12.7 Å². The van der Waals surface area contributed by atoms with Gasteiger partial charge in [-0.3, -0.25) is 9.69 Å². The summed E-state index contributed by atoms with van der Waals surface area (Å²) in [5.74, 6) is -0.232. The number of ether oxygens (including phenoxy) is 3. The highest BCUT2D eigenvalue weighted by atomic mass is 16.5. The third-order valence-electron chi connectivity index (χ3n) is 4.18. The Labute approximate surface area is 125 Å². The van der Waals surface area contributed by atoms with Crippen LogP contribution in [-0.2, 0) is 19.0 Å². The lowest BCUT2D eigenvalue weighted by atomic mass is 10.1. The van der Waals surface area contributed by atoms with Gasteiger partial charge in [0.2, 0.25) is 5.91 Å². The van der Waals surface area contributed by atoms with Gasteiger partial charge < -0.3 is 24.6 Å². The van der Waals surface area contributed by atoms with Crippen molar-refractivity contribution in [3.05, 3.63) is 0 Å². The van der Waals surface area contributed by atoms with Crippen molar-refractivity contribution in [1.82, 2.24) is 10.2 Å². The molecule has 0 aromatic rings. The predicted molar refractivity (Wildman–Crippen MR) is 76.0 cm³/mol. The van der Waals surface area contributed by atoms with Crippen molar-refractivity contribution in [1.29, 1.82) is 0 Å². The third-order valence-corrected chi connectivity index (χ3v) is 4.18. The van der Waals surface area contributed by atoms with Crippen molar-refractivity contribution in [3.63, 3.8) is 0 Å². The summed E-state index contributed by atoms with van der Waals surface area (Å²) in [6.07, 6.45) is 1.31. The lowest BCUT2D eigenvalue weighted by Gasteiger charge is -2.28. The molecular formula is C14H26N2O5. The second kappa shape index (κ2) is 8.05. The number of carbonyl (C=O) groups is 1. The Morgan fingerprint density at radius 2 is 2.24 bits per heavy atom. The molecular weight excluding hydrogens is 276 g/mol. The standard InChI is InChI=1S/C14H26N2O5/c1-19-7-10-4-3-5-16(10)6-12-14(18)11(8-21-12)15-13(17)9-20-2/h10-12,14,18H,3-9H2,1-2H3,(H,15,17). The molecule has 0 spiro atoms. The first-order chi connectivity index (χ1) is 10.2. The van der Waals surface area contributed by atoms with Crippen LogP contribution in [0.2, 0.25) is 0 Å². The maximum Gasteiger partial charge on any atom is 0.246 e. The molecule has 0 bridgehead atoms. The highest BCUT2D eigenvalue weighted by Crippen LogP contribution is 2.22. The van der Waals surface area contributed by atoms with Crippen molar-refractivity contribution in [3.8, 4) is 0 Å². The molecule has 122 valence electrons. The number of amides is 1. The largest absolute Gasteiger partial charge is 0.388 e. The van der Waals surface area contributed by atoms with Crippen molar-refractivity contribution in [2.24, 2.45) is 0 Å². The molecule has 4 unspecified atom stereocenters. The van der Waals surface area contributed by atoms with E-state index in [1.807, 2.05) is 0 Å². The van der Waals surface area contributed by atoms with Crippen molar-refractivity contribution >= 4 is 5.91 Å². The average Bonchev–Trinajstić information content (AvgIpc) is 3.02. The molecule has 2 N–H and O–H groups in total. The minimum absolute atomic E-state index is 0.00404. The molecule has 7 nitrogen and oxygen atoms in total. The zero-order chi connectivity index (χ0) is 15.2. The Kier molecular flexibility index (Phi) is 6.38. The van der Waals surface area contributed by atoms with Gasteiger partial charge in [0, 0.05) is 26.8 Å². The summed E-state index contributed by atoms with van der Waals surface area (Å²) >= 11 is 0. The summed E-state index contributed by atoms with van der Waals surface area (Å²) in [5.41, 5.74) is 0. The molecule has 7 heteroatoms. The van der Waals surface area contributed by atoms with Gasteiger partial charge in [0.25, 0.3) is 0 Å². The molecule has 1 amide bonds. The summed E-state index contributed by atoms with van der Waals surface area (Å²) in [5, 5.41) is 13.0. The van der Waals surface area contributed by atoms with Crippen LogP contribution in [0.3, 0.4) is 0 Å². The van der Waals surface area contributed by atoms with E-state index in [-0.39, 0.29) is 24.7 Å². The van der Waals surface area contributed by atoms with E-state index in [0.717, 1.165) is 19.4 Å². The molecule has 2 fully saturated rings. The van der Waals surface area contributed by atoms with Crippen LogP contribution >= 0.6 is 0 Å². The van der Waals surface area contributed by atoms with E-state index in [1.165, 1.54) is 7.11 Å². The van der Waals surface area contributed by atoms with Gasteiger partial charge in [-0.15, -0.1) is 0 Å². The molecule has 4 atom stereocenters. The van der Waals surface area contributed by atoms with Crippen LogP contribution in [0, 0.1) is 0 Å². The molecule has 0 radical (unpaired) electrons. The van der Waals surface area contributed by atoms with Crippen molar-refractivity contribution in [2.75, 3.05) is 47.1 Å². The number of hydrogen-bond acceptors (Lipinski definition) is 6. The summed E-state index contributed by atoms with van der Waals surface area (Å²) in [7, 11) is 3.17. The Morgan fingerprint density at radius 3 is 2.95 bits per heavy atom. The highest BCUT2D eigenvalue weighted by molar-refractivity contribution is 5.77. The number of aliphatic hydroxyl groups is 1. The number of likely N-dealkylation sites (tertiary alicyclic amines) is 1. The number of nitrogens with one attached hydrogen (secondary N) is 1. The number of methoxy groups -OCH3 is 2. The zero-order valence-electron chi connectivity index (χ0n) is 12.8. The van der Waals surface area contributed by atoms with Gasteiger partial charge in [0.05, 0.1) is 25.4 Å². The van der Waals surface area contributed by atoms with Crippen LogP contribution in [0.15, 0.2) is 0 Å². The molecule has 0 aliphatic carbocycles. The maximum absolute atomic E-state index is 11.5. The zero-order valence-corrected chi connectivity index (χ0v) is 12.8. The summed E-state index contributed by atoms with van der Waals surface area (Å²) in [6, 6.07) is 0.0362. The quantitative estimate of drug-likeness (QED) is 0.627. The second-order valence-corrected chi connectivity index (χ2v) is 5.72. The molecule has 2 aliphatic heterocycles. The lowest BCUT2D eigenvalue weighted by molar-refractivity contribution is -0.126. The Hall–Kier alpha value is -0.730. The molecule has 2 aliphatic rings. The maximum atomic E-state index is 11.5. The first-order valence-corrected chi connectivity index (χ1v) is 7.46. The van der Waals surface area contributed by atoms with Gasteiger partial charge in [-0.2, -0.15) is 0 Å². The molecule has 2 saturated heterocycles. The lowest BCUT2D eigenvalue weighted by Crippen LogP contribution is -2.48. The Morgan fingerprint density at radius 1 is 1.43 bits per heavy atom. The molecule has 2 heterocycles. The number of aliphatic hydroxyl groups excluding tert-OH is 1. The van der Waals surface area contributed by atoms with E-state index in [0.29, 0.717) is 25.8 Å². The minimum Gasteiger partial charge on any atom is -0.388 e. The predicted octanol–water partition coefficient (Wildman–Crippen LogP) is -1.01. The number of carbonyl (C=O) groups excluding carboxylic acids is 1. The molecule has 21 heavy (non-hydrogen) atoms. The first kappa shape index (κ1) is 16.6. The van der Waals surface area contributed by atoms with Crippen LogP contribution in [0.25, 0.3) is 0 Å². The molecule has 2 rings (SSSR count). The minimum atomic E-state index is -0.686. The fraction of sp³-hybridized carbons (Fsp3) is 0.929. The normalized spacial score (nSPS) is 33.5. The second-order valence-electron chi connectivity index (χ2n) is 5.72. The molecule has 0 saturated carbocycles. The van der Waals surface area contributed by atoms with E-state index < -0.39 is 6.10 Å². The number of nitrogens with zero attached hydrogens (tertiary/aromatic N) is 1. The monoisotopic (exact) mass is 302 g/mol. The summed E-state index contributed by atoms with van der Waals surface area (Å²) in [6.45, 7) is 2.71. The van der Waals surface area contributed by atoms with Gasteiger partial charge in [-0.1, -0.05) is 0 Å². The fourth-order valence-corrected chi connectivity index (χ4v) is 3.10.